The average Bonchev–Trinajstić information content (AvgIpc) is 3.12. The molecule has 0 aliphatic rings. The Morgan fingerprint density at radius 1 is 0.836 bits per heavy atom. The van der Waals surface area contributed by atoms with Crippen molar-refractivity contribution in [2.45, 2.75) is 102 Å². The number of amides is 2. The predicted octanol–water partition coefficient (Wildman–Crippen LogP) is 6.58. The summed E-state index contributed by atoms with van der Waals surface area (Å²) >= 11 is 0. The molecule has 0 saturated heterocycles. The minimum Gasteiger partial charge on any atom is -0.452 e. The summed E-state index contributed by atoms with van der Waals surface area (Å²) < 4.78 is 108. The van der Waals surface area contributed by atoms with Crippen molar-refractivity contribution in [3.05, 3.63) is 107 Å². The standard InChI is InChI=1S/C39H48F5N3O7S/c1-4-11-32(12-5-2)55(51,52)25-33(45)36(48)47(38(50)53-24-27-13-8-7-9-14-27)34(20-29-18-30(40)21-31(41)19-29)35(54-37(49)39(42,43)44)23-46-22-28-16-10-15-26(6-3)17-28/h7-10,13-19,21,32-35,46H,4-6,11-12,20,22-25,45H2,1-3H3/t33?,34-,35+/m0/s1. The molecule has 10 nitrogen and oxygen atoms in total. The first kappa shape index (κ1) is 45.0. The van der Waals surface area contributed by atoms with Crippen molar-refractivity contribution in [1.29, 1.82) is 0 Å². The number of esters is 1. The van der Waals surface area contributed by atoms with Crippen LogP contribution in [-0.2, 0) is 54.9 Å². The number of hydrogen-bond acceptors (Lipinski definition) is 9. The van der Waals surface area contributed by atoms with Gasteiger partial charge >= 0.3 is 18.2 Å². The summed E-state index contributed by atoms with van der Waals surface area (Å²) in [6.45, 7) is 4.43. The smallest absolute Gasteiger partial charge is 0.452 e. The third-order valence-corrected chi connectivity index (χ3v) is 11.1. The number of imide groups is 1. The molecule has 2 amide bonds. The summed E-state index contributed by atoms with van der Waals surface area (Å²) in [4.78, 5) is 41.1. The molecular formula is C39H48F5N3O7S. The van der Waals surface area contributed by atoms with E-state index in [1.54, 1.807) is 56.3 Å². The molecule has 0 saturated carbocycles. The molecular weight excluding hydrogens is 750 g/mol. The number of ether oxygens (including phenoxy) is 2. The van der Waals surface area contributed by atoms with E-state index < -0.39 is 94.4 Å². The lowest BCUT2D eigenvalue weighted by Gasteiger charge is -2.36. The second-order valence-corrected chi connectivity index (χ2v) is 15.5. The van der Waals surface area contributed by atoms with Gasteiger partial charge in [0.1, 0.15) is 24.3 Å². The maximum atomic E-state index is 14.5. The van der Waals surface area contributed by atoms with Gasteiger partial charge < -0.3 is 20.5 Å². The number of halogens is 5. The van der Waals surface area contributed by atoms with Gasteiger partial charge in [0.25, 0.3) is 0 Å². The molecule has 3 aromatic rings. The highest BCUT2D eigenvalue weighted by atomic mass is 32.2. The van der Waals surface area contributed by atoms with Gasteiger partial charge in [-0.05, 0) is 60.1 Å². The fourth-order valence-corrected chi connectivity index (χ4v) is 8.20. The molecule has 0 radical (unpaired) electrons. The molecule has 16 heteroatoms. The monoisotopic (exact) mass is 797 g/mol. The van der Waals surface area contributed by atoms with Gasteiger partial charge in [0.05, 0.1) is 23.1 Å². The highest BCUT2D eigenvalue weighted by Crippen LogP contribution is 2.25. The molecule has 0 heterocycles. The number of aryl methyl sites for hydroxylation is 1. The number of rotatable bonds is 20. The number of carbonyl (C=O) groups is 3. The second kappa shape index (κ2) is 21.0. The fourth-order valence-electron chi connectivity index (χ4n) is 6.10. The molecule has 3 atom stereocenters. The zero-order valence-corrected chi connectivity index (χ0v) is 31.8. The minimum absolute atomic E-state index is 0.0234. The van der Waals surface area contributed by atoms with Crippen molar-refractivity contribution in [2.75, 3.05) is 12.3 Å². The first-order valence-corrected chi connectivity index (χ1v) is 19.7. The highest BCUT2D eigenvalue weighted by molar-refractivity contribution is 7.92. The second-order valence-electron chi connectivity index (χ2n) is 13.2. The molecule has 3 aromatic carbocycles. The van der Waals surface area contributed by atoms with Crippen LogP contribution < -0.4 is 11.1 Å². The van der Waals surface area contributed by atoms with E-state index in [-0.39, 0.29) is 24.9 Å². The zero-order valence-electron chi connectivity index (χ0n) is 31.0. The number of benzene rings is 3. The molecule has 55 heavy (non-hydrogen) atoms. The summed E-state index contributed by atoms with van der Waals surface area (Å²) in [5.74, 6) is -7.19. The van der Waals surface area contributed by atoms with E-state index in [1.807, 2.05) is 19.1 Å². The Bertz CT molecular complexity index is 1800. The van der Waals surface area contributed by atoms with Gasteiger partial charge in [-0.15, -0.1) is 0 Å². The third-order valence-electron chi connectivity index (χ3n) is 8.79. The van der Waals surface area contributed by atoms with Crippen LogP contribution in [0.1, 0.15) is 68.7 Å². The van der Waals surface area contributed by atoms with Gasteiger partial charge in [-0.25, -0.2) is 31.7 Å². The van der Waals surface area contributed by atoms with Crippen molar-refractivity contribution < 1.29 is 54.2 Å². The molecule has 0 bridgehead atoms. The summed E-state index contributed by atoms with van der Waals surface area (Å²) in [6, 6.07) is 13.6. The number of nitrogens with two attached hydrogens (primary N) is 1. The number of sulfone groups is 1. The van der Waals surface area contributed by atoms with E-state index in [1.165, 1.54) is 0 Å². The van der Waals surface area contributed by atoms with Gasteiger partial charge in [0, 0.05) is 19.2 Å². The Morgan fingerprint density at radius 2 is 1.44 bits per heavy atom. The van der Waals surface area contributed by atoms with Gasteiger partial charge in [-0.1, -0.05) is 88.2 Å². The molecule has 0 aliphatic heterocycles. The van der Waals surface area contributed by atoms with Gasteiger partial charge in [0.15, 0.2) is 9.84 Å². The van der Waals surface area contributed by atoms with Crippen molar-refractivity contribution in [3.63, 3.8) is 0 Å². The van der Waals surface area contributed by atoms with Crippen molar-refractivity contribution >= 4 is 27.8 Å². The first-order valence-electron chi connectivity index (χ1n) is 18.0. The largest absolute Gasteiger partial charge is 0.490 e. The van der Waals surface area contributed by atoms with Crippen LogP contribution >= 0.6 is 0 Å². The van der Waals surface area contributed by atoms with Gasteiger partial charge in [-0.2, -0.15) is 13.2 Å². The lowest BCUT2D eigenvalue weighted by Crippen LogP contribution is -2.60. The van der Waals surface area contributed by atoms with Crippen molar-refractivity contribution in [1.82, 2.24) is 10.2 Å². The number of nitrogens with zero attached hydrogens (tertiary/aromatic N) is 1. The predicted molar refractivity (Wildman–Crippen MR) is 196 cm³/mol. The van der Waals surface area contributed by atoms with Crippen LogP contribution in [0.5, 0.6) is 0 Å². The quantitative estimate of drug-likeness (QED) is 0.0957. The Kier molecular flexibility index (Phi) is 17.2. The number of hydrogen-bond donors (Lipinski definition) is 2. The van der Waals surface area contributed by atoms with Crippen molar-refractivity contribution in [3.8, 4) is 0 Å². The molecule has 3 rings (SSSR count). The molecule has 3 N–H and O–H groups in total. The van der Waals surface area contributed by atoms with Crippen LogP contribution in [-0.4, -0.2) is 73.2 Å². The van der Waals surface area contributed by atoms with Crippen LogP contribution in [0.15, 0.2) is 72.8 Å². The van der Waals surface area contributed by atoms with Gasteiger partial charge in [0.2, 0.25) is 5.91 Å². The number of alkyl halides is 3. The Balaban J connectivity index is 2.17. The summed E-state index contributed by atoms with van der Waals surface area (Å²) in [7, 11) is -4.08. The topological polar surface area (TPSA) is 145 Å². The SMILES string of the molecule is CCCC(CCC)S(=O)(=O)CC(N)C(=O)N(C(=O)OCc1ccccc1)[C@@H](Cc1cc(F)cc(F)c1)[C@@H](CNCc1cccc(CC)c1)OC(=O)C(F)(F)F. The van der Waals surface area contributed by atoms with E-state index >= 15 is 0 Å². The summed E-state index contributed by atoms with van der Waals surface area (Å²) in [6.07, 6.45) is -7.63. The molecule has 302 valence electrons. The normalized spacial score (nSPS) is 13.6. The Morgan fingerprint density at radius 3 is 2.02 bits per heavy atom. The average molecular weight is 798 g/mol. The third kappa shape index (κ3) is 14.0. The van der Waals surface area contributed by atoms with Crippen LogP contribution in [0.3, 0.4) is 0 Å². The molecule has 0 fully saturated rings. The molecule has 0 aromatic heterocycles. The van der Waals surface area contributed by atoms with E-state index in [4.69, 9.17) is 15.2 Å². The van der Waals surface area contributed by atoms with Crippen LogP contribution in [0, 0.1) is 11.6 Å². The summed E-state index contributed by atoms with van der Waals surface area (Å²) in [5.41, 5.74) is 8.08. The van der Waals surface area contributed by atoms with Crippen LogP contribution in [0.25, 0.3) is 0 Å². The first-order chi connectivity index (χ1) is 26.0. The van der Waals surface area contributed by atoms with E-state index in [0.29, 0.717) is 41.4 Å². The fraction of sp³-hybridized carbons (Fsp3) is 0.462. The lowest BCUT2D eigenvalue weighted by atomic mass is 9.98. The molecule has 0 spiro atoms. The van der Waals surface area contributed by atoms with Gasteiger partial charge in [-0.3, -0.25) is 4.79 Å². The maximum Gasteiger partial charge on any atom is 0.490 e. The highest BCUT2D eigenvalue weighted by Gasteiger charge is 2.47. The Labute approximate surface area is 318 Å². The van der Waals surface area contributed by atoms with E-state index in [0.717, 1.165) is 17.7 Å². The maximum absolute atomic E-state index is 14.5. The minimum atomic E-state index is -5.54. The van der Waals surface area contributed by atoms with E-state index in [9.17, 15) is 44.8 Å². The summed E-state index contributed by atoms with van der Waals surface area (Å²) in [5, 5.41) is 2.02. The van der Waals surface area contributed by atoms with Crippen LogP contribution in [0.2, 0.25) is 0 Å². The van der Waals surface area contributed by atoms with Crippen LogP contribution in [0.4, 0.5) is 26.7 Å². The number of carbonyl (C=O) groups excluding carboxylic acids is 3. The molecule has 1 unspecified atom stereocenters. The zero-order chi connectivity index (χ0) is 40.8. The Hall–Kier alpha value is -4.41. The number of nitrogens with one attached hydrogen (secondary N) is 1. The van der Waals surface area contributed by atoms with Crippen molar-refractivity contribution in [2.24, 2.45) is 5.73 Å². The molecule has 0 aliphatic carbocycles. The van der Waals surface area contributed by atoms with E-state index in [2.05, 4.69) is 5.32 Å². The lowest BCUT2D eigenvalue weighted by molar-refractivity contribution is -0.207.